The molecule has 0 atom stereocenters. The van der Waals surface area contributed by atoms with Crippen LogP contribution in [0.3, 0.4) is 0 Å². The van der Waals surface area contributed by atoms with Crippen molar-refractivity contribution >= 4 is 11.6 Å². The first-order chi connectivity index (χ1) is 9.34. The summed E-state index contributed by atoms with van der Waals surface area (Å²) in [7, 11) is 0. The molecule has 4 nitrogen and oxygen atoms in total. The second-order valence-corrected chi connectivity index (χ2v) is 4.22. The summed E-state index contributed by atoms with van der Waals surface area (Å²) in [6.45, 7) is 2.04. The lowest BCUT2D eigenvalue weighted by Crippen LogP contribution is -1.97. The van der Waals surface area contributed by atoms with Gasteiger partial charge in [0.25, 0.3) is 0 Å². The van der Waals surface area contributed by atoms with E-state index in [1.54, 1.807) is 24.8 Å². The first-order valence-corrected chi connectivity index (χ1v) is 6.00. The summed E-state index contributed by atoms with van der Waals surface area (Å²) in [5, 5.41) is 8.21. The molecule has 0 spiro atoms. The van der Waals surface area contributed by atoms with Crippen molar-refractivity contribution in [2.75, 3.05) is 0 Å². The van der Waals surface area contributed by atoms with E-state index in [-0.39, 0.29) is 0 Å². The zero-order chi connectivity index (χ0) is 13.1. The Morgan fingerprint density at radius 1 is 0.895 bits per heavy atom. The van der Waals surface area contributed by atoms with Crippen LogP contribution >= 0.6 is 0 Å². The first-order valence-electron chi connectivity index (χ1n) is 6.00. The molecule has 3 rings (SSSR count). The van der Waals surface area contributed by atoms with Crippen LogP contribution in [-0.4, -0.2) is 9.97 Å². The molecule has 1 aliphatic heterocycles. The molecule has 0 N–H and O–H groups in total. The van der Waals surface area contributed by atoms with Gasteiger partial charge in [0.05, 0.1) is 0 Å². The van der Waals surface area contributed by atoms with E-state index in [0.29, 0.717) is 0 Å². The fraction of sp³-hybridized carbons (Fsp3) is 0.0667. The van der Waals surface area contributed by atoms with Gasteiger partial charge in [0.1, 0.15) is 11.4 Å². The topological polar surface area (TPSA) is 50.5 Å². The van der Waals surface area contributed by atoms with Gasteiger partial charge < -0.3 is 0 Å². The number of pyridine rings is 2. The maximum Gasteiger partial charge on any atom is 0.117 e. The Hall–Kier alpha value is -2.62. The predicted octanol–water partition coefficient (Wildman–Crippen LogP) is 3.71. The maximum absolute atomic E-state index is 4.12. The fourth-order valence-electron chi connectivity index (χ4n) is 1.88. The maximum atomic E-state index is 4.12. The minimum absolute atomic E-state index is 0.903. The molecule has 0 saturated carbocycles. The summed E-state index contributed by atoms with van der Waals surface area (Å²) in [4.78, 5) is 8.02. The van der Waals surface area contributed by atoms with Gasteiger partial charge in [0.15, 0.2) is 0 Å². The molecule has 0 bridgehead atoms. The molecule has 19 heavy (non-hydrogen) atoms. The third-order valence-electron chi connectivity index (χ3n) is 2.98. The minimum Gasteiger partial charge on any atom is -0.265 e. The van der Waals surface area contributed by atoms with Crippen molar-refractivity contribution in [1.82, 2.24) is 9.97 Å². The van der Waals surface area contributed by atoms with Gasteiger partial charge in [0, 0.05) is 24.8 Å². The van der Waals surface area contributed by atoms with Gasteiger partial charge in [-0.2, -0.15) is 0 Å². The van der Waals surface area contributed by atoms with E-state index in [9.17, 15) is 0 Å². The molecule has 3 heterocycles. The smallest absolute Gasteiger partial charge is 0.117 e. The highest BCUT2D eigenvalue weighted by atomic mass is 15.2. The summed E-state index contributed by atoms with van der Waals surface area (Å²) < 4.78 is 0. The lowest BCUT2D eigenvalue weighted by Gasteiger charge is -2.14. The van der Waals surface area contributed by atoms with Crippen LogP contribution in [0.25, 0.3) is 11.6 Å². The Labute approximate surface area is 111 Å². The number of hydrogen-bond acceptors (Lipinski definition) is 4. The molecular weight excluding hydrogens is 236 g/mol. The van der Waals surface area contributed by atoms with Crippen LogP contribution in [0.2, 0.25) is 0 Å². The molecule has 0 amide bonds. The Balaban J connectivity index is 1.96. The number of aromatic nitrogens is 2. The largest absolute Gasteiger partial charge is 0.265 e. The second kappa shape index (κ2) is 4.94. The Kier molecular flexibility index (Phi) is 2.98. The molecule has 2 aromatic rings. The number of azo groups is 1. The van der Waals surface area contributed by atoms with Crippen molar-refractivity contribution in [3.05, 3.63) is 71.6 Å². The zero-order valence-electron chi connectivity index (χ0n) is 10.5. The number of nitrogens with zero attached hydrogens (tertiary/aromatic N) is 4. The van der Waals surface area contributed by atoms with Crippen molar-refractivity contribution in [3.63, 3.8) is 0 Å². The number of hydrogen-bond donors (Lipinski definition) is 0. The van der Waals surface area contributed by atoms with Crippen LogP contribution in [0.15, 0.2) is 70.7 Å². The summed E-state index contributed by atoms with van der Waals surface area (Å²) in [6.07, 6.45) is 9.10. The van der Waals surface area contributed by atoms with Crippen molar-refractivity contribution in [2.45, 2.75) is 6.92 Å². The van der Waals surface area contributed by atoms with Crippen LogP contribution in [0.1, 0.15) is 18.1 Å². The molecule has 92 valence electrons. The van der Waals surface area contributed by atoms with Gasteiger partial charge in [-0.1, -0.05) is 0 Å². The number of rotatable bonds is 2. The Morgan fingerprint density at radius 2 is 1.53 bits per heavy atom. The number of allylic oxidation sites excluding steroid dienone is 1. The van der Waals surface area contributed by atoms with Gasteiger partial charge in [-0.05, 0) is 54.0 Å². The molecule has 4 heteroatoms. The van der Waals surface area contributed by atoms with Gasteiger partial charge in [-0.25, -0.2) is 0 Å². The van der Waals surface area contributed by atoms with E-state index >= 15 is 0 Å². The monoisotopic (exact) mass is 248 g/mol. The third-order valence-corrected chi connectivity index (χ3v) is 2.98. The van der Waals surface area contributed by atoms with E-state index in [1.165, 1.54) is 0 Å². The van der Waals surface area contributed by atoms with Crippen LogP contribution in [0, 0.1) is 0 Å². The van der Waals surface area contributed by atoms with Crippen LogP contribution in [-0.2, 0) is 0 Å². The SMILES string of the molecule is C/C(=C1N=NC/1=C\c1ccncc1)c1ccncc1. The normalized spacial score (nSPS) is 18.3. The second-order valence-electron chi connectivity index (χ2n) is 4.22. The lowest BCUT2D eigenvalue weighted by molar-refractivity contribution is 0.973. The standard InChI is InChI=1S/C15H12N4/c1-11(13-4-8-17-9-5-13)15-14(18-19-15)10-12-2-6-16-7-3-12/h2-10H,1H3/b14-10-,15-11-. The zero-order valence-corrected chi connectivity index (χ0v) is 10.5. The molecule has 0 unspecified atom stereocenters. The summed E-state index contributed by atoms with van der Waals surface area (Å²) in [6, 6.07) is 7.83. The molecular formula is C15H12N4. The van der Waals surface area contributed by atoms with Crippen molar-refractivity contribution in [1.29, 1.82) is 0 Å². The molecule has 0 fully saturated rings. The van der Waals surface area contributed by atoms with E-state index in [2.05, 4.69) is 20.2 Å². The van der Waals surface area contributed by atoms with Crippen molar-refractivity contribution in [2.24, 2.45) is 10.2 Å². The highest BCUT2D eigenvalue weighted by molar-refractivity contribution is 5.75. The highest BCUT2D eigenvalue weighted by Gasteiger charge is 2.17. The summed E-state index contributed by atoms with van der Waals surface area (Å²) in [5.74, 6) is 0. The average Bonchev–Trinajstić information content (AvgIpc) is 2.46. The molecule has 0 saturated heterocycles. The molecule has 1 aliphatic rings. The van der Waals surface area contributed by atoms with E-state index in [4.69, 9.17) is 0 Å². The molecule has 2 aromatic heterocycles. The molecule has 0 aromatic carbocycles. The fourth-order valence-corrected chi connectivity index (χ4v) is 1.88. The molecule has 0 aliphatic carbocycles. The van der Waals surface area contributed by atoms with Crippen LogP contribution in [0.4, 0.5) is 0 Å². The van der Waals surface area contributed by atoms with E-state index in [0.717, 1.165) is 28.1 Å². The van der Waals surface area contributed by atoms with E-state index in [1.807, 2.05) is 37.3 Å². The van der Waals surface area contributed by atoms with Crippen LogP contribution in [0.5, 0.6) is 0 Å². The third kappa shape index (κ3) is 2.33. The van der Waals surface area contributed by atoms with Gasteiger partial charge in [-0.15, -0.1) is 10.2 Å². The van der Waals surface area contributed by atoms with Gasteiger partial charge >= 0.3 is 0 Å². The highest BCUT2D eigenvalue weighted by Crippen LogP contribution is 2.33. The first kappa shape index (κ1) is 11.5. The van der Waals surface area contributed by atoms with Gasteiger partial charge in [-0.3, -0.25) is 9.97 Å². The average molecular weight is 248 g/mol. The predicted molar refractivity (Wildman–Crippen MR) is 73.9 cm³/mol. The van der Waals surface area contributed by atoms with Gasteiger partial charge in [0.2, 0.25) is 0 Å². The Bertz CT molecular complexity index is 670. The Morgan fingerprint density at radius 3 is 2.11 bits per heavy atom. The molecule has 0 radical (unpaired) electrons. The van der Waals surface area contributed by atoms with E-state index < -0.39 is 0 Å². The summed E-state index contributed by atoms with van der Waals surface area (Å²) in [5.41, 5.74) is 5.13. The van der Waals surface area contributed by atoms with Crippen LogP contribution < -0.4 is 0 Å². The minimum atomic E-state index is 0.903. The quantitative estimate of drug-likeness (QED) is 0.813. The van der Waals surface area contributed by atoms with Crippen molar-refractivity contribution in [3.8, 4) is 0 Å². The summed E-state index contributed by atoms with van der Waals surface area (Å²) >= 11 is 0. The lowest BCUT2D eigenvalue weighted by atomic mass is 10.0. The van der Waals surface area contributed by atoms with Crippen molar-refractivity contribution < 1.29 is 0 Å².